The van der Waals surface area contributed by atoms with Crippen molar-refractivity contribution in [3.05, 3.63) is 52.1 Å². The zero-order valence-corrected chi connectivity index (χ0v) is 17.3. The Hall–Kier alpha value is -2.68. The Balaban J connectivity index is 1.19. The average molecular weight is 431 g/mol. The normalized spacial score (nSPS) is 18.6. The van der Waals surface area contributed by atoms with Crippen LogP contribution in [-0.2, 0) is 37.0 Å². The molecule has 2 aromatic heterocycles. The Bertz CT molecular complexity index is 1030. The van der Waals surface area contributed by atoms with E-state index in [1.54, 1.807) is 6.07 Å². The molecule has 9 heteroatoms. The molecule has 0 aromatic carbocycles. The number of alkyl halides is 3. The summed E-state index contributed by atoms with van der Waals surface area (Å²) in [4.78, 5) is 24.9. The number of hydrogen-bond donors (Lipinski definition) is 1. The smallest absolute Gasteiger partial charge is 0.371 e. The molecule has 1 N–H and O–H groups in total. The van der Waals surface area contributed by atoms with Crippen molar-refractivity contribution >= 4 is 11.6 Å². The van der Waals surface area contributed by atoms with Gasteiger partial charge in [0.2, 0.25) is 5.91 Å². The second-order valence-corrected chi connectivity index (χ2v) is 8.64. The second kappa shape index (κ2) is 7.47. The monoisotopic (exact) mass is 431 g/mol. The lowest BCUT2D eigenvalue weighted by molar-refractivity contribution is -0.141. The second-order valence-electron chi connectivity index (χ2n) is 8.64. The molecule has 2 aromatic rings. The number of pyridine rings is 2. The number of amides is 1. The van der Waals surface area contributed by atoms with E-state index in [4.69, 9.17) is 4.98 Å². The van der Waals surface area contributed by atoms with Crippen LogP contribution in [-0.4, -0.2) is 40.4 Å². The Morgan fingerprint density at radius 2 is 2.03 bits per heavy atom. The van der Waals surface area contributed by atoms with Crippen molar-refractivity contribution in [3.8, 4) is 0 Å². The minimum Gasteiger partial charge on any atom is -0.371 e. The van der Waals surface area contributed by atoms with E-state index in [0.717, 1.165) is 37.0 Å². The highest BCUT2D eigenvalue weighted by molar-refractivity contribution is 5.77. The summed E-state index contributed by atoms with van der Waals surface area (Å²) in [7, 11) is 0. The van der Waals surface area contributed by atoms with Crippen LogP contribution in [0, 0.1) is 12.8 Å². The van der Waals surface area contributed by atoms with Gasteiger partial charge in [-0.1, -0.05) is 0 Å². The zero-order valence-electron chi connectivity index (χ0n) is 17.3. The molecule has 0 atom stereocenters. The van der Waals surface area contributed by atoms with Crippen molar-refractivity contribution in [2.24, 2.45) is 5.92 Å². The maximum atomic E-state index is 12.9. The molecule has 0 spiro atoms. The van der Waals surface area contributed by atoms with Crippen molar-refractivity contribution in [1.82, 2.24) is 20.2 Å². The van der Waals surface area contributed by atoms with Crippen LogP contribution in [0.4, 0.5) is 18.9 Å². The van der Waals surface area contributed by atoms with Gasteiger partial charge in [-0.25, -0.2) is 0 Å². The largest absolute Gasteiger partial charge is 0.433 e. The number of carbonyl (C=O) groups excluding carboxylic acids is 1. The van der Waals surface area contributed by atoms with Gasteiger partial charge in [0.15, 0.2) is 0 Å². The molecule has 1 fully saturated rings. The summed E-state index contributed by atoms with van der Waals surface area (Å²) in [6.07, 6.45) is -1.95. The fraction of sp³-hybridized carbons (Fsp3) is 0.500. The Morgan fingerprint density at radius 1 is 1.23 bits per heavy atom. The van der Waals surface area contributed by atoms with Gasteiger partial charge in [-0.3, -0.25) is 14.8 Å². The maximum absolute atomic E-state index is 12.9. The van der Waals surface area contributed by atoms with Crippen LogP contribution in [0.3, 0.4) is 0 Å². The highest BCUT2D eigenvalue weighted by Crippen LogP contribution is 2.34. The van der Waals surface area contributed by atoms with Crippen LogP contribution in [0.5, 0.6) is 0 Å². The average Bonchev–Trinajstić information content (AvgIpc) is 3.14. The van der Waals surface area contributed by atoms with E-state index in [2.05, 4.69) is 17.2 Å². The number of halogens is 3. The summed E-state index contributed by atoms with van der Waals surface area (Å²) >= 11 is 0. The lowest BCUT2D eigenvalue weighted by atomic mass is 9.95. The molecule has 5 heterocycles. The van der Waals surface area contributed by atoms with Crippen molar-refractivity contribution < 1.29 is 18.0 Å². The SMILES string of the molecule is Cc1c2c(nc3c1CN(C(=O)CC1CN(c4ccnc(C(F)(F)F)c4)C1)C3)CCNC2. The minimum atomic E-state index is -4.46. The fourth-order valence-electron chi connectivity index (χ4n) is 4.78. The number of rotatable bonds is 3. The van der Waals surface area contributed by atoms with Crippen LogP contribution in [0.15, 0.2) is 18.3 Å². The van der Waals surface area contributed by atoms with Crippen molar-refractivity contribution in [2.45, 2.75) is 45.6 Å². The van der Waals surface area contributed by atoms with Gasteiger partial charge in [0.05, 0.1) is 12.2 Å². The van der Waals surface area contributed by atoms with Crippen LogP contribution >= 0.6 is 0 Å². The zero-order chi connectivity index (χ0) is 21.8. The molecule has 31 heavy (non-hydrogen) atoms. The topological polar surface area (TPSA) is 61.4 Å². The fourth-order valence-corrected chi connectivity index (χ4v) is 4.78. The Labute approximate surface area is 178 Å². The molecule has 0 unspecified atom stereocenters. The number of carbonyl (C=O) groups is 1. The number of nitrogens with one attached hydrogen (secondary N) is 1. The number of anilines is 1. The predicted octanol–water partition coefficient (Wildman–Crippen LogP) is 2.82. The molecular formula is C22H24F3N5O. The number of hydrogen-bond acceptors (Lipinski definition) is 5. The molecule has 6 nitrogen and oxygen atoms in total. The van der Waals surface area contributed by atoms with Gasteiger partial charge >= 0.3 is 6.18 Å². The van der Waals surface area contributed by atoms with E-state index >= 15 is 0 Å². The summed E-state index contributed by atoms with van der Waals surface area (Å²) in [6.45, 7) is 6.17. The lowest BCUT2D eigenvalue weighted by Crippen LogP contribution is -2.48. The third kappa shape index (κ3) is 3.75. The van der Waals surface area contributed by atoms with Crippen LogP contribution < -0.4 is 10.2 Å². The molecule has 1 amide bonds. The summed E-state index contributed by atoms with van der Waals surface area (Å²) in [5.41, 5.74) is 5.45. The van der Waals surface area contributed by atoms with E-state index in [9.17, 15) is 18.0 Å². The third-order valence-corrected chi connectivity index (χ3v) is 6.57. The summed E-state index contributed by atoms with van der Waals surface area (Å²) in [5.74, 6) is 0.231. The summed E-state index contributed by atoms with van der Waals surface area (Å²) in [5, 5.41) is 3.39. The van der Waals surface area contributed by atoms with E-state index < -0.39 is 11.9 Å². The molecule has 0 aliphatic carbocycles. The van der Waals surface area contributed by atoms with Gasteiger partial charge in [0, 0.05) is 69.1 Å². The first-order valence-electron chi connectivity index (χ1n) is 10.6. The Kier molecular flexibility index (Phi) is 4.88. The third-order valence-electron chi connectivity index (χ3n) is 6.57. The van der Waals surface area contributed by atoms with Gasteiger partial charge in [-0.2, -0.15) is 13.2 Å². The first-order chi connectivity index (χ1) is 14.8. The molecule has 164 valence electrons. The van der Waals surface area contributed by atoms with E-state index in [0.29, 0.717) is 38.3 Å². The number of aromatic nitrogens is 2. The highest BCUT2D eigenvalue weighted by atomic mass is 19.4. The van der Waals surface area contributed by atoms with E-state index in [1.165, 1.54) is 22.9 Å². The Morgan fingerprint density at radius 3 is 2.81 bits per heavy atom. The minimum absolute atomic E-state index is 0.0869. The first-order valence-corrected chi connectivity index (χ1v) is 10.6. The quantitative estimate of drug-likeness (QED) is 0.810. The molecule has 0 bridgehead atoms. The van der Waals surface area contributed by atoms with Gasteiger partial charge in [-0.05, 0) is 35.7 Å². The van der Waals surface area contributed by atoms with Gasteiger partial charge in [-0.15, -0.1) is 0 Å². The molecule has 3 aliphatic heterocycles. The van der Waals surface area contributed by atoms with Gasteiger partial charge in [0.1, 0.15) is 5.69 Å². The highest BCUT2D eigenvalue weighted by Gasteiger charge is 2.36. The van der Waals surface area contributed by atoms with Crippen LogP contribution in [0.25, 0.3) is 0 Å². The standard InChI is InChI=1S/C22H24F3N5O/c1-13-16-8-26-4-3-18(16)28-19-12-30(11-17(13)19)21(31)6-14-9-29(10-14)15-2-5-27-20(7-15)22(23,24)25/h2,5,7,14,26H,3-4,6,8-12H2,1H3. The lowest BCUT2D eigenvalue weighted by Gasteiger charge is -2.41. The predicted molar refractivity (Wildman–Crippen MR) is 108 cm³/mol. The van der Waals surface area contributed by atoms with Crippen molar-refractivity contribution in [2.75, 3.05) is 24.5 Å². The van der Waals surface area contributed by atoms with Crippen molar-refractivity contribution in [3.63, 3.8) is 0 Å². The molecule has 3 aliphatic rings. The van der Waals surface area contributed by atoms with E-state index in [1.807, 2.05) is 9.80 Å². The van der Waals surface area contributed by atoms with Gasteiger partial charge in [0.25, 0.3) is 0 Å². The molecule has 5 rings (SSSR count). The van der Waals surface area contributed by atoms with E-state index in [-0.39, 0.29) is 11.8 Å². The molecule has 0 saturated carbocycles. The van der Waals surface area contributed by atoms with Crippen molar-refractivity contribution in [1.29, 1.82) is 0 Å². The number of fused-ring (bicyclic) bond motifs is 2. The molecular weight excluding hydrogens is 407 g/mol. The van der Waals surface area contributed by atoms with Crippen LogP contribution in [0.2, 0.25) is 0 Å². The first kappa shape index (κ1) is 20.2. The maximum Gasteiger partial charge on any atom is 0.433 e. The summed E-state index contributed by atoms with van der Waals surface area (Å²) in [6, 6.07) is 2.65. The molecule has 0 radical (unpaired) electrons. The summed E-state index contributed by atoms with van der Waals surface area (Å²) < 4.78 is 38.6. The van der Waals surface area contributed by atoms with Crippen LogP contribution in [0.1, 0.15) is 40.2 Å². The number of nitrogens with zero attached hydrogens (tertiary/aromatic N) is 4. The molecule has 1 saturated heterocycles. The van der Waals surface area contributed by atoms with Gasteiger partial charge < -0.3 is 15.1 Å².